The molecule has 0 radical (unpaired) electrons. The molecule has 0 aliphatic heterocycles. The maximum absolute atomic E-state index is 12.5. The highest BCUT2D eigenvalue weighted by atomic mass is 32.2. The van der Waals surface area contributed by atoms with Crippen molar-refractivity contribution < 1.29 is 8.42 Å². The van der Waals surface area contributed by atoms with Gasteiger partial charge in [-0.2, -0.15) is 0 Å². The van der Waals surface area contributed by atoms with Crippen LogP contribution in [0.3, 0.4) is 0 Å². The lowest BCUT2D eigenvalue weighted by Crippen LogP contribution is -2.06. The maximum Gasteiger partial charge on any atom is 0.208 e. The van der Waals surface area contributed by atoms with E-state index >= 15 is 0 Å². The van der Waals surface area contributed by atoms with Gasteiger partial charge < -0.3 is 16.4 Å². The van der Waals surface area contributed by atoms with E-state index in [0.29, 0.717) is 0 Å². The molecule has 5 nitrogen and oxygen atoms in total. The summed E-state index contributed by atoms with van der Waals surface area (Å²) >= 11 is 0. The van der Waals surface area contributed by atoms with Crippen LogP contribution in [0.1, 0.15) is 0 Å². The predicted molar refractivity (Wildman–Crippen MR) is 81.8 cm³/mol. The van der Waals surface area contributed by atoms with E-state index in [2.05, 4.69) is 10.6 Å². The van der Waals surface area contributed by atoms with Crippen molar-refractivity contribution in [2.75, 3.05) is 30.5 Å². The Labute approximate surface area is 118 Å². The van der Waals surface area contributed by atoms with Crippen molar-refractivity contribution in [3.05, 3.63) is 42.5 Å². The zero-order valence-electron chi connectivity index (χ0n) is 11.3. The molecule has 0 bridgehead atoms. The SMILES string of the molecule is CNc1ccc(S(=O)(=O)c2ccc(NC)cc2N)cc1. The number of hydrogen-bond acceptors (Lipinski definition) is 5. The second-order valence-electron chi connectivity index (χ2n) is 4.28. The molecule has 0 atom stereocenters. The molecule has 0 saturated carbocycles. The summed E-state index contributed by atoms with van der Waals surface area (Å²) in [6, 6.07) is 11.4. The predicted octanol–water partition coefficient (Wildman–Crippen LogP) is 2.18. The Bertz CT molecular complexity index is 710. The first-order valence-corrected chi connectivity index (χ1v) is 7.57. The van der Waals surface area contributed by atoms with Crippen LogP contribution < -0.4 is 16.4 Å². The van der Waals surface area contributed by atoms with Gasteiger partial charge in [-0.05, 0) is 42.5 Å². The standard InChI is InChI=1S/C14H17N3O2S/c1-16-10-3-6-12(7-4-10)20(18,19)14-8-5-11(17-2)9-13(14)15/h3-9,16-17H,15H2,1-2H3. The molecule has 0 amide bonds. The largest absolute Gasteiger partial charge is 0.398 e. The molecule has 0 unspecified atom stereocenters. The Morgan fingerprint density at radius 3 is 1.95 bits per heavy atom. The zero-order valence-corrected chi connectivity index (χ0v) is 12.2. The first-order valence-electron chi connectivity index (χ1n) is 6.09. The van der Waals surface area contributed by atoms with Crippen LogP contribution in [0.4, 0.5) is 17.1 Å². The van der Waals surface area contributed by atoms with E-state index in [1.165, 1.54) is 6.07 Å². The van der Waals surface area contributed by atoms with Crippen molar-refractivity contribution in [2.45, 2.75) is 9.79 Å². The van der Waals surface area contributed by atoms with Gasteiger partial charge in [-0.25, -0.2) is 8.42 Å². The van der Waals surface area contributed by atoms with Crippen LogP contribution in [-0.2, 0) is 9.84 Å². The van der Waals surface area contributed by atoms with E-state index in [4.69, 9.17) is 5.73 Å². The van der Waals surface area contributed by atoms with Crippen molar-refractivity contribution >= 4 is 26.9 Å². The van der Waals surface area contributed by atoms with E-state index in [-0.39, 0.29) is 15.5 Å². The van der Waals surface area contributed by atoms with Gasteiger partial charge in [0.15, 0.2) is 0 Å². The Morgan fingerprint density at radius 1 is 0.900 bits per heavy atom. The Balaban J connectivity index is 2.48. The Hall–Kier alpha value is -2.21. The molecule has 2 aromatic rings. The monoisotopic (exact) mass is 291 g/mol. The molecule has 0 aliphatic carbocycles. The average molecular weight is 291 g/mol. The fourth-order valence-corrected chi connectivity index (χ4v) is 3.24. The second kappa shape index (κ2) is 5.42. The average Bonchev–Trinajstić information content (AvgIpc) is 2.46. The fraction of sp³-hybridized carbons (Fsp3) is 0.143. The molecule has 2 aromatic carbocycles. The van der Waals surface area contributed by atoms with Gasteiger partial charge in [0.05, 0.1) is 15.5 Å². The highest BCUT2D eigenvalue weighted by Crippen LogP contribution is 2.28. The summed E-state index contributed by atoms with van der Waals surface area (Å²) in [5, 5.41) is 5.86. The first kappa shape index (κ1) is 14.2. The van der Waals surface area contributed by atoms with Crippen LogP contribution >= 0.6 is 0 Å². The third kappa shape index (κ3) is 2.55. The van der Waals surface area contributed by atoms with E-state index in [1.54, 1.807) is 50.5 Å². The van der Waals surface area contributed by atoms with Gasteiger partial charge in [0.1, 0.15) is 0 Å². The smallest absolute Gasteiger partial charge is 0.208 e. The van der Waals surface area contributed by atoms with Gasteiger partial charge in [0.2, 0.25) is 9.84 Å². The minimum absolute atomic E-state index is 0.119. The normalized spacial score (nSPS) is 11.1. The summed E-state index contributed by atoms with van der Waals surface area (Å²) in [6.07, 6.45) is 0. The topological polar surface area (TPSA) is 84.2 Å². The van der Waals surface area contributed by atoms with Crippen LogP contribution in [0.25, 0.3) is 0 Å². The number of rotatable bonds is 4. The number of nitrogens with one attached hydrogen (secondary N) is 2. The molecule has 20 heavy (non-hydrogen) atoms. The molecule has 2 rings (SSSR count). The first-order chi connectivity index (χ1) is 9.48. The van der Waals surface area contributed by atoms with Crippen LogP contribution in [0.2, 0.25) is 0 Å². The van der Waals surface area contributed by atoms with Gasteiger partial charge in [0, 0.05) is 25.5 Å². The second-order valence-corrected chi connectivity index (χ2v) is 6.20. The van der Waals surface area contributed by atoms with Crippen LogP contribution in [0.15, 0.2) is 52.3 Å². The molecule has 0 spiro atoms. The zero-order chi connectivity index (χ0) is 14.8. The molecule has 0 aromatic heterocycles. The summed E-state index contributed by atoms with van der Waals surface area (Å²) in [6.45, 7) is 0. The lowest BCUT2D eigenvalue weighted by molar-refractivity contribution is 0.596. The molecular weight excluding hydrogens is 274 g/mol. The van der Waals surface area contributed by atoms with Gasteiger partial charge in [-0.1, -0.05) is 0 Å². The molecule has 0 saturated heterocycles. The number of hydrogen-bond donors (Lipinski definition) is 3. The molecular formula is C14H17N3O2S. The van der Waals surface area contributed by atoms with Gasteiger partial charge >= 0.3 is 0 Å². The van der Waals surface area contributed by atoms with Crippen molar-refractivity contribution in [3.8, 4) is 0 Å². The maximum atomic E-state index is 12.5. The number of anilines is 3. The van der Waals surface area contributed by atoms with E-state index in [9.17, 15) is 8.42 Å². The molecule has 106 valence electrons. The van der Waals surface area contributed by atoms with Crippen LogP contribution in [0, 0.1) is 0 Å². The van der Waals surface area contributed by atoms with Gasteiger partial charge in [-0.15, -0.1) is 0 Å². The van der Waals surface area contributed by atoms with Gasteiger partial charge in [-0.3, -0.25) is 0 Å². The Kier molecular flexibility index (Phi) is 3.85. The molecule has 4 N–H and O–H groups in total. The minimum Gasteiger partial charge on any atom is -0.398 e. The van der Waals surface area contributed by atoms with Crippen molar-refractivity contribution in [2.24, 2.45) is 0 Å². The summed E-state index contributed by atoms with van der Waals surface area (Å²) in [4.78, 5) is 0.342. The number of benzene rings is 2. The van der Waals surface area contributed by atoms with Crippen molar-refractivity contribution in [1.82, 2.24) is 0 Å². The van der Waals surface area contributed by atoms with E-state index in [0.717, 1.165) is 11.4 Å². The lowest BCUT2D eigenvalue weighted by atomic mass is 10.3. The summed E-state index contributed by atoms with van der Waals surface area (Å²) in [5.41, 5.74) is 7.70. The molecule has 0 aliphatic rings. The quantitative estimate of drug-likeness (QED) is 0.752. The Morgan fingerprint density at radius 2 is 1.45 bits per heavy atom. The third-order valence-corrected chi connectivity index (χ3v) is 4.88. The fourth-order valence-electron chi connectivity index (χ4n) is 1.88. The molecule has 6 heteroatoms. The van der Waals surface area contributed by atoms with Crippen molar-refractivity contribution in [1.29, 1.82) is 0 Å². The highest BCUT2D eigenvalue weighted by Gasteiger charge is 2.20. The summed E-state index contributed by atoms with van der Waals surface area (Å²) in [5.74, 6) is 0. The molecule has 0 fully saturated rings. The minimum atomic E-state index is -3.60. The highest BCUT2D eigenvalue weighted by molar-refractivity contribution is 7.91. The summed E-state index contributed by atoms with van der Waals surface area (Å²) in [7, 11) is -0.0750. The summed E-state index contributed by atoms with van der Waals surface area (Å²) < 4.78 is 25.1. The van der Waals surface area contributed by atoms with E-state index in [1.807, 2.05) is 0 Å². The third-order valence-electron chi connectivity index (χ3n) is 3.04. The van der Waals surface area contributed by atoms with E-state index < -0.39 is 9.84 Å². The lowest BCUT2D eigenvalue weighted by Gasteiger charge is -2.10. The van der Waals surface area contributed by atoms with Gasteiger partial charge in [0.25, 0.3) is 0 Å². The van der Waals surface area contributed by atoms with Crippen LogP contribution in [0.5, 0.6) is 0 Å². The van der Waals surface area contributed by atoms with Crippen LogP contribution in [-0.4, -0.2) is 22.5 Å². The number of nitrogen functional groups attached to an aromatic ring is 1. The number of nitrogens with two attached hydrogens (primary N) is 1. The number of sulfone groups is 1. The molecule has 0 heterocycles. The van der Waals surface area contributed by atoms with Crippen molar-refractivity contribution in [3.63, 3.8) is 0 Å².